The highest BCUT2D eigenvalue weighted by atomic mass is 32.2. The lowest BCUT2D eigenvalue weighted by molar-refractivity contribution is 0.0440. The molecule has 1 fully saturated rings. The number of nitrogens with one attached hydrogen (secondary N) is 1. The van der Waals surface area contributed by atoms with E-state index in [0.717, 1.165) is 36.3 Å². The first-order valence-corrected chi connectivity index (χ1v) is 6.67. The van der Waals surface area contributed by atoms with E-state index in [1.807, 2.05) is 28.8 Å². The second-order valence-electron chi connectivity index (χ2n) is 3.92. The lowest BCUT2D eigenvalue weighted by atomic mass is 10.3. The SMILES string of the molecule is c1ccn2c(SCC3CNCCO3)nnc2c1. The lowest BCUT2D eigenvalue weighted by Gasteiger charge is -2.22. The largest absolute Gasteiger partial charge is 0.375 e. The van der Waals surface area contributed by atoms with Gasteiger partial charge in [-0.3, -0.25) is 4.40 Å². The van der Waals surface area contributed by atoms with Gasteiger partial charge in [0.2, 0.25) is 0 Å². The number of nitrogens with zero attached hydrogens (tertiary/aromatic N) is 3. The van der Waals surface area contributed by atoms with Gasteiger partial charge in [-0.15, -0.1) is 10.2 Å². The van der Waals surface area contributed by atoms with E-state index in [-0.39, 0.29) is 6.10 Å². The molecule has 17 heavy (non-hydrogen) atoms. The summed E-state index contributed by atoms with van der Waals surface area (Å²) in [7, 11) is 0. The maximum absolute atomic E-state index is 5.65. The van der Waals surface area contributed by atoms with Crippen molar-refractivity contribution >= 4 is 17.4 Å². The number of aromatic nitrogens is 3. The predicted molar refractivity (Wildman–Crippen MR) is 66.3 cm³/mol. The molecule has 6 heteroatoms. The van der Waals surface area contributed by atoms with Crippen LogP contribution in [0.1, 0.15) is 0 Å². The van der Waals surface area contributed by atoms with Crippen LogP contribution in [0.3, 0.4) is 0 Å². The molecule has 0 saturated carbocycles. The van der Waals surface area contributed by atoms with E-state index in [1.54, 1.807) is 11.8 Å². The Hall–Kier alpha value is -1.11. The van der Waals surface area contributed by atoms with Gasteiger partial charge in [-0.2, -0.15) is 0 Å². The molecule has 3 rings (SSSR count). The van der Waals surface area contributed by atoms with Crippen LogP contribution in [0.5, 0.6) is 0 Å². The summed E-state index contributed by atoms with van der Waals surface area (Å²) in [5.74, 6) is 0.905. The molecule has 1 atom stereocenters. The van der Waals surface area contributed by atoms with Gasteiger partial charge in [-0.1, -0.05) is 17.8 Å². The molecule has 1 N–H and O–H groups in total. The van der Waals surface area contributed by atoms with Crippen molar-refractivity contribution in [1.82, 2.24) is 19.9 Å². The van der Waals surface area contributed by atoms with Crippen molar-refractivity contribution in [3.63, 3.8) is 0 Å². The molecule has 5 nitrogen and oxygen atoms in total. The molecule has 0 radical (unpaired) electrons. The zero-order chi connectivity index (χ0) is 11.5. The molecular weight excluding hydrogens is 236 g/mol. The van der Waals surface area contributed by atoms with Crippen molar-refractivity contribution in [1.29, 1.82) is 0 Å². The zero-order valence-corrected chi connectivity index (χ0v) is 10.2. The number of hydrogen-bond donors (Lipinski definition) is 1. The molecule has 2 aromatic rings. The molecule has 0 aromatic carbocycles. The minimum Gasteiger partial charge on any atom is -0.375 e. The van der Waals surface area contributed by atoms with Gasteiger partial charge in [0, 0.05) is 25.0 Å². The van der Waals surface area contributed by atoms with Crippen LogP contribution in [-0.4, -0.2) is 46.2 Å². The Morgan fingerprint density at radius 2 is 2.47 bits per heavy atom. The highest BCUT2D eigenvalue weighted by Crippen LogP contribution is 2.18. The Morgan fingerprint density at radius 1 is 1.47 bits per heavy atom. The second kappa shape index (κ2) is 5.03. The van der Waals surface area contributed by atoms with Crippen molar-refractivity contribution in [2.75, 3.05) is 25.4 Å². The van der Waals surface area contributed by atoms with Crippen LogP contribution in [0.25, 0.3) is 5.65 Å². The van der Waals surface area contributed by atoms with Crippen molar-refractivity contribution in [2.45, 2.75) is 11.3 Å². The van der Waals surface area contributed by atoms with Gasteiger partial charge >= 0.3 is 0 Å². The van der Waals surface area contributed by atoms with Gasteiger partial charge in [0.1, 0.15) is 0 Å². The van der Waals surface area contributed by atoms with Crippen molar-refractivity contribution in [3.8, 4) is 0 Å². The highest BCUT2D eigenvalue weighted by Gasteiger charge is 2.15. The summed E-state index contributed by atoms with van der Waals surface area (Å²) in [6.07, 6.45) is 2.25. The fourth-order valence-corrected chi connectivity index (χ4v) is 2.75. The summed E-state index contributed by atoms with van der Waals surface area (Å²) in [4.78, 5) is 0. The minimum atomic E-state index is 0.268. The van der Waals surface area contributed by atoms with Crippen LogP contribution >= 0.6 is 11.8 Å². The van der Waals surface area contributed by atoms with E-state index >= 15 is 0 Å². The van der Waals surface area contributed by atoms with Crippen LogP contribution in [0.15, 0.2) is 29.6 Å². The fourth-order valence-electron chi connectivity index (χ4n) is 1.81. The predicted octanol–water partition coefficient (Wildman–Crippen LogP) is 0.810. The summed E-state index contributed by atoms with van der Waals surface area (Å²) < 4.78 is 7.65. The van der Waals surface area contributed by atoms with Gasteiger partial charge in [0.25, 0.3) is 0 Å². The molecule has 3 heterocycles. The second-order valence-corrected chi connectivity index (χ2v) is 4.91. The van der Waals surface area contributed by atoms with Crippen molar-refractivity contribution < 1.29 is 4.74 Å². The summed E-state index contributed by atoms with van der Waals surface area (Å²) in [6, 6.07) is 5.90. The van der Waals surface area contributed by atoms with E-state index < -0.39 is 0 Å². The van der Waals surface area contributed by atoms with Crippen LogP contribution in [-0.2, 0) is 4.74 Å². The standard InChI is InChI=1S/C11H14N4OS/c1-2-5-15-10(3-1)13-14-11(15)17-8-9-7-12-4-6-16-9/h1-3,5,9,12H,4,6-8H2. The number of thioether (sulfide) groups is 1. The van der Waals surface area contributed by atoms with Gasteiger partial charge in [0.05, 0.1) is 12.7 Å². The maximum Gasteiger partial charge on any atom is 0.195 e. The first-order valence-electron chi connectivity index (χ1n) is 5.68. The van der Waals surface area contributed by atoms with Gasteiger partial charge in [0.15, 0.2) is 10.8 Å². The number of rotatable bonds is 3. The maximum atomic E-state index is 5.65. The molecule has 0 aliphatic carbocycles. The van der Waals surface area contributed by atoms with E-state index in [9.17, 15) is 0 Å². The molecule has 0 amide bonds. The van der Waals surface area contributed by atoms with E-state index in [2.05, 4.69) is 15.5 Å². The number of ether oxygens (including phenoxy) is 1. The van der Waals surface area contributed by atoms with Crippen molar-refractivity contribution in [3.05, 3.63) is 24.4 Å². The van der Waals surface area contributed by atoms with Crippen LogP contribution in [0.4, 0.5) is 0 Å². The Balaban J connectivity index is 1.68. The summed E-state index contributed by atoms with van der Waals surface area (Å²) in [5.41, 5.74) is 0.887. The fraction of sp³-hybridized carbons (Fsp3) is 0.455. The number of pyridine rings is 1. The molecule has 1 aliphatic heterocycles. The molecule has 2 aromatic heterocycles. The monoisotopic (exact) mass is 250 g/mol. The summed E-state index contributed by atoms with van der Waals surface area (Å²) in [6.45, 7) is 2.67. The highest BCUT2D eigenvalue weighted by molar-refractivity contribution is 7.99. The quantitative estimate of drug-likeness (QED) is 0.817. The third-order valence-corrected chi connectivity index (χ3v) is 3.76. The Bertz CT molecular complexity index is 495. The molecule has 0 spiro atoms. The van der Waals surface area contributed by atoms with Gasteiger partial charge in [-0.25, -0.2) is 0 Å². The molecule has 1 aliphatic rings. The van der Waals surface area contributed by atoms with Crippen molar-refractivity contribution in [2.24, 2.45) is 0 Å². The van der Waals surface area contributed by atoms with Gasteiger partial charge < -0.3 is 10.1 Å². The van der Waals surface area contributed by atoms with Crippen LogP contribution in [0, 0.1) is 0 Å². The molecule has 0 bridgehead atoms. The average Bonchev–Trinajstić information content (AvgIpc) is 2.81. The lowest BCUT2D eigenvalue weighted by Crippen LogP contribution is -2.39. The molecule has 90 valence electrons. The molecule has 1 unspecified atom stereocenters. The third kappa shape index (κ3) is 2.43. The minimum absolute atomic E-state index is 0.268. The number of morpholine rings is 1. The number of hydrogen-bond acceptors (Lipinski definition) is 5. The third-order valence-electron chi connectivity index (χ3n) is 2.69. The zero-order valence-electron chi connectivity index (χ0n) is 9.37. The number of fused-ring (bicyclic) bond motifs is 1. The first kappa shape index (κ1) is 11.0. The van der Waals surface area contributed by atoms with Gasteiger partial charge in [-0.05, 0) is 12.1 Å². The Kier molecular flexibility index (Phi) is 3.26. The smallest absolute Gasteiger partial charge is 0.195 e. The molecular formula is C11H14N4OS. The normalized spacial score (nSPS) is 20.8. The van der Waals surface area contributed by atoms with E-state index in [1.165, 1.54) is 0 Å². The Morgan fingerprint density at radius 3 is 3.35 bits per heavy atom. The van der Waals surface area contributed by atoms with E-state index in [0.29, 0.717) is 0 Å². The summed E-state index contributed by atoms with van der Waals surface area (Å²) in [5, 5.41) is 12.5. The topological polar surface area (TPSA) is 51.5 Å². The molecule has 1 saturated heterocycles. The average molecular weight is 250 g/mol. The van der Waals surface area contributed by atoms with Crippen LogP contribution < -0.4 is 5.32 Å². The summed E-state index contributed by atoms with van der Waals surface area (Å²) >= 11 is 1.69. The first-order chi connectivity index (χ1) is 8.43. The Labute approximate surface area is 104 Å². The van der Waals surface area contributed by atoms with E-state index in [4.69, 9.17) is 4.74 Å². The van der Waals surface area contributed by atoms with Crippen LogP contribution in [0.2, 0.25) is 0 Å².